The van der Waals surface area contributed by atoms with E-state index in [0.29, 0.717) is 17.6 Å². The van der Waals surface area contributed by atoms with E-state index in [-0.39, 0.29) is 10.8 Å². The molecular formula is C27H38O2. The minimum atomic E-state index is -0.111. The maximum Gasteiger partial charge on any atom is 0.123 e. The number of aromatic hydroxyl groups is 1. The molecular weight excluding hydrogens is 356 g/mol. The van der Waals surface area contributed by atoms with Gasteiger partial charge >= 0.3 is 0 Å². The van der Waals surface area contributed by atoms with Gasteiger partial charge in [0.15, 0.2) is 0 Å². The molecule has 1 N–H and O–H groups in total. The molecule has 0 aromatic heterocycles. The number of hydrogen-bond acceptors (Lipinski definition) is 2. The van der Waals surface area contributed by atoms with Crippen molar-refractivity contribution in [2.24, 2.45) is 5.92 Å². The summed E-state index contributed by atoms with van der Waals surface area (Å²) in [4.78, 5) is 0. The molecule has 29 heavy (non-hydrogen) atoms. The summed E-state index contributed by atoms with van der Waals surface area (Å²) in [6.07, 6.45) is 5.17. The number of rotatable bonds is 4. The van der Waals surface area contributed by atoms with Gasteiger partial charge in [-0.1, -0.05) is 78.6 Å². The van der Waals surface area contributed by atoms with E-state index in [1.165, 1.54) is 36.8 Å². The normalized spacial score (nSPS) is 16.8. The SMILES string of the molecule is COc1ccc(C(c2cc(C(C)(C)C)c(O)c(C(C)(C)C)c2)C2CCCC2)cc1. The molecule has 2 nitrogen and oxygen atoms in total. The van der Waals surface area contributed by atoms with Crippen molar-refractivity contribution in [3.05, 3.63) is 58.7 Å². The lowest BCUT2D eigenvalue weighted by atomic mass is 9.73. The fourth-order valence-corrected chi connectivity index (χ4v) is 4.82. The Bertz CT molecular complexity index is 793. The number of phenols is 1. The second kappa shape index (κ2) is 8.05. The molecule has 0 spiro atoms. The van der Waals surface area contributed by atoms with Crippen molar-refractivity contribution in [1.29, 1.82) is 0 Å². The second-order valence-corrected chi connectivity index (χ2v) is 10.8. The van der Waals surface area contributed by atoms with Gasteiger partial charge in [0.25, 0.3) is 0 Å². The van der Waals surface area contributed by atoms with E-state index < -0.39 is 0 Å². The summed E-state index contributed by atoms with van der Waals surface area (Å²) in [6.45, 7) is 13.1. The maximum absolute atomic E-state index is 11.2. The van der Waals surface area contributed by atoms with Crippen LogP contribution in [0.3, 0.4) is 0 Å². The molecule has 0 saturated heterocycles. The first-order valence-electron chi connectivity index (χ1n) is 11.0. The van der Waals surface area contributed by atoms with Crippen LogP contribution in [0.5, 0.6) is 11.5 Å². The van der Waals surface area contributed by atoms with E-state index in [1.807, 2.05) is 0 Å². The van der Waals surface area contributed by atoms with E-state index in [4.69, 9.17) is 4.74 Å². The zero-order valence-electron chi connectivity index (χ0n) is 19.3. The van der Waals surface area contributed by atoms with E-state index >= 15 is 0 Å². The third kappa shape index (κ3) is 4.63. The lowest BCUT2D eigenvalue weighted by Crippen LogP contribution is -2.20. The summed E-state index contributed by atoms with van der Waals surface area (Å²) in [5.41, 5.74) is 4.58. The van der Waals surface area contributed by atoms with Crippen molar-refractivity contribution in [1.82, 2.24) is 0 Å². The average Bonchev–Trinajstić information content (AvgIpc) is 3.16. The Balaban J connectivity index is 2.21. The van der Waals surface area contributed by atoms with Crippen LogP contribution < -0.4 is 4.74 Å². The minimum Gasteiger partial charge on any atom is -0.507 e. The molecule has 0 bridgehead atoms. The molecule has 3 rings (SSSR count). The van der Waals surface area contributed by atoms with Gasteiger partial charge < -0.3 is 9.84 Å². The Hall–Kier alpha value is -1.96. The van der Waals surface area contributed by atoms with Crippen LogP contribution in [-0.2, 0) is 10.8 Å². The van der Waals surface area contributed by atoms with Crippen LogP contribution in [0.15, 0.2) is 36.4 Å². The molecule has 2 aromatic rings. The number of benzene rings is 2. The fourth-order valence-electron chi connectivity index (χ4n) is 4.82. The van der Waals surface area contributed by atoms with Crippen LogP contribution in [0.2, 0.25) is 0 Å². The summed E-state index contributed by atoms with van der Waals surface area (Å²) < 4.78 is 5.39. The lowest BCUT2D eigenvalue weighted by Gasteiger charge is -2.32. The first kappa shape index (κ1) is 21.7. The predicted molar refractivity (Wildman–Crippen MR) is 122 cm³/mol. The molecule has 2 aromatic carbocycles. The quantitative estimate of drug-likeness (QED) is 0.589. The van der Waals surface area contributed by atoms with E-state index in [2.05, 4.69) is 77.9 Å². The van der Waals surface area contributed by atoms with Crippen LogP contribution in [0.4, 0.5) is 0 Å². The molecule has 1 aliphatic carbocycles. The molecule has 0 amide bonds. The average molecular weight is 395 g/mol. The Morgan fingerprint density at radius 2 is 1.31 bits per heavy atom. The van der Waals surface area contributed by atoms with Gasteiger partial charge in [0, 0.05) is 5.92 Å². The summed E-state index contributed by atoms with van der Waals surface area (Å²) in [5, 5.41) is 11.2. The van der Waals surface area contributed by atoms with Gasteiger partial charge in [0.05, 0.1) is 7.11 Å². The second-order valence-electron chi connectivity index (χ2n) is 10.8. The van der Waals surface area contributed by atoms with Crippen LogP contribution in [0, 0.1) is 5.92 Å². The van der Waals surface area contributed by atoms with Crippen molar-refractivity contribution in [3.63, 3.8) is 0 Å². The highest BCUT2D eigenvalue weighted by molar-refractivity contribution is 5.52. The molecule has 0 radical (unpaired) electrons. The smallest absolute Gasteiger partial charge is 0.123 e. The summed E-state index contributed by atoms with van der Waals surface area (Å²) >= 11 is 0. The van der Waals surface area contributed by atoms with Gasteiger partial charge in [-0.15, -0.1) is 0 Å². The Morgan fingerprint density at radius 3 is 1.72 bits per heavy atom. The molecule has 0 heterocycles. The van der Waals surface area contributed by atoms with E-state index in [1.54, 1.807) is 7.11 Å². The third-order valence-electron chi connectivity index (χ3n) is 6.45. The van der Waals surface area contributed by atoms with Gasteiger partial charge in [-0.3, -0.25) is 0 Å². The first-order valence-corrected chi connectivity index (χ1v) is 11.0. The van der Waals surface area contributed by atoms with E-state index in [9.17, 15) is 5.11 Å². The monoisotopic (exact) mass is 394 g/mol. The highest BCUT2D eigenvalue weighted by Gasteiger charge is 2.32. The van der Waals surface area contributed by atoms with Crippen LogP contribution in [0.1, 0.15) is 95.4 Å². The largest absolute Gasteiger partial charge is 0.507 e. The summed E-state index contributed by atoms with van der Waals surface area (Å²) in [6, 6.07) is 13.2. The standard InChI is InChI=1S/C27H38O2/c1-26(2,3)22-16-20(17-23(25(22)28)27(4,5)6)24(18-10-8-9-11-18)19-12-14-21(29-7)15-13-19/h12-18,24,28H,8-11H2,1-7H3. The first-order chi connectivity index (χ1) is 13.5. The van der Waals surface area contributed by atoms with Crippen LogP contribution in [0.25, 0.3) is 0 Å². The summed E-state index contributed by atoms with van der Waals surface area (Å²) in [5.74, 6) is 2.36. The van der Waals surface area contributed by atoms with Crippen LogP contribution >= 0.6 is 0 Å². The lowest BCUT2D eigenvalue weighted by molar-refractivity contribution is 0.413. The Labute approximate surface area is 177 Å². The van der Waals surface area contributed by atoms with Gasteiger partial charge in [-0.05, 0) is 64.0 Å². The zero-order chi connectivity index (χ0) is 21.4. The van der Waals surface area contributed by atoms with Crippen molar-refractivity contribution in [3.8, 4) is 11.5 Å². The minimum absolute atomic E-state index is 0.111. The highest BCUT2D eigenvalue weighted by atomic mass is 16.5. The van der Waals surface area contributed by atoms with Crippen LogP contribution in [-0.4, -0.2) is 12.2 Å². The van der Waals surface area contributed by atoms with Crippen molar-refractivity contribution < 1.29 is 9.84 Å². The molecule has 158 valence electrons. The van der Waals surface area contributed by atoms with Gasteiger partial charge in [0.2, 0.25) is 0 Å². The Kier molecular flexibility index (Phi) is 6.03. The zero-order valence-corrected chi connectivity index (χ0v) is 19.3. The van der Waals surface area contributed by atoms with Crippen molar-refractivity contribution >= 4 is 0 Å². The van der Waals surface area contributed by atoms with Gasteiger partial charge in [0.1, 0.15) is 11.5 Å². The number of hydrogen-bond donors (Lipinski definition) is 1. The molecule has 0 aliphatic heterocycles. The highest BCUT2D eigenvalue weighted by Crippen LogP contribution is 2.46. The topological polar surface area (TPSA) is 29.5 Å². The van der Waals surface area contributed by atoms with Crippen molar-refractivity contribution in [2.75, 3.05) is 7.11 Å². The molecule has 1 unspecified atom stereocenters. The fraction of sp³-hybridized carbons (Fsp3) is 0.556. The molecule has 1 aliphatic rings. The molecule has 2 heteroatoms. The van der Waals surface area contributed by atoms with Gasteiger partial charge in [-0.2, -0.15) is 0 Å². The number of ether oxygens (including phenoxy) is 1. The van der Waals surface area contributed by atoms with E-state index in [0.717, 1.165) is 16.9 Å². The summed E-state index contributed by atoms with van der Waals surface area (Å²) in [7, 11) is 1.72. The molecule has 1 saturated carbocycles. The molecule has 1 fully saturated rings. The van der Waals surface area contributed by atoms with Crippen molar-refractivity contribution in [2.45, 2.75) is 84.0 Å². The van der Waals surface area contributed by atoms with Gasteiger partial charge in [-0.25, -0.2) is 0 Å². The number of methoxy groups -OCH3 is 1. The number of phenolic OH excluding ortho intramolecular Hbond substituents is 1. The Morgan fingerprint density at radius 1 is 0.828 bits per heavy atom. The molecule has 1 atom stereocenters. The third-order valence-corrected chi connectivity index (χ3v) is 6.45. The predicted octanol–water partition coefficient (Wildman–Crippen LogP) is 7.32. The maximum atomic E-state index is 11.2.